The van der Waals surface area contributed by atoms with Crippen molar-refractivity contribution in [3.8, 4) is 0 Å². The van der Waals surface area contributed by atoms with Gasteiger partial charge < -0.3 is 16.3 Å². The standard InChI is InChI=1S/C12H12FN5O2/c1-18-6-8(5-15-18)12(19)16-10-3-2-7(4-9(10)13)11(14)17-20/h2-6,20H,1H3,(H2,14,17)(H,16,19). The minimum atomic E-state index is -0.689. The van der Waals surface area contributed by atoms with Gasteiger partial charge in [-0.3, -0.25) is 9.48 Å². The van der Waals surface area contributed by atoms with Crippen LogP contribution < -0.4 is 11.1 Å². The number of anilines is 1. The maximum atomic E-state index is 13.8. The van der Waals surface area contributed by atoms with Gasteiger partial charge in [-0.25, -0.2) is 4.39 Å². The summed E-state index contributed by atoms with van der Waals surface area (Å²) in [5, 5.41) is 17.5. The van der Waals surface area contributed by atoms with E-state index in [2.05, 4.69) is 15.6 Å². The van der Waals surface area contributed by atoms with Crippen molar-refractivity contribution in [3.05, 3.63) is 47.5 Å². The van der Waals surface area contributed by atoms with Gasteiger partial charge in [0.2, 0.25) is 0 Å². The first-order valence-electron chi connectivity index (χ1n) is 5.58. The molecule has 1 aromatic heterocycles. The quantitative estimate of drug-likeness (QED) is 0.335. The second-order valence-corrected chi connectivity index (χ2v) is 4.04. The van der Waals surface area contributed by atoms with Crippen LogP contribution in [-0.2, 0) is 7.05 Å². The summed E-state index contributed by atoms with van der Waals surface area (Å²) in [4.78, 5) is 11.8. The molecule has 0 fully saturated rings. The highest BCUT2D eigenvalue weighted by molar-refractivity contribution is 6.04. The Labute approximate surface area is 113 Å². The monoisotopic (exact) mass is 277 g/mol. The highest BCUT2D eigenvalue weighted by Crippen LogP contribution is 2.16. The number of amidine groups is 1. The molecule has 0 saturated carbocycles. The predicted octanol–water partition coefficient (Wildman–Crippen LogP) is 0.906. The number of nitrogens with zero attached hydrogens (tertiary/aromatic N) is 3. The van der Waals surface area contributed by atoms with E-state index in [9.17, 15) is 9.18 Å². The van der Waals surface area contributed by atoms with Crippen molar-refractivity contribution in [1.82, 2.24) is 9.78 Å². The summed E-state index contributed by atoms with van der Waals surface area (Å²) in [5.41, 5.74) is 5.86. The number of carbonyl (C=O) groups excluding carboxylic acids is 1. The van der Waals surface area contributed by atoms with Gasteiger partial charge in [0.15, 0.2) is 5.84 Å². The zero-order valence-corrected chi connectivity index (χ0v) is 10.5. The molecular weight excluding hydrogens is 265 g/mol. The molecular formula is C12H12FN5O2. The first-order chi connectivity index (χ1) is 9.51. The third-order valence-corrected chi connectivity index (χ3v) is 2.59. The number of oxime groups is 1. The topological polar surface area (TPSA) is 106 Å². The Kier molecular flexibility index (Phi) is 3.65. The van der Waals surface area contributed by atoms with Gasteiger partial charge in [0.05, 0.1) is 17.4 Å². The number of benzene rings is 1. The van der Waals surface area contributed by atoms with Crippen molar-refractivity contribution in [3.63, 3.8) is 0 Å². The van der Waals surface area contributed by atoms with Gasteiger partial charge in [-0.15, -0.1) is 0 Å². The zero-order chi connectivity index (χ0) is 14.7. The average Bonchev–Trinajstić information content (AvgIpc) is 2.86. The summed E-state index contributed by atoms with van der Waals surface area (Å²) in [5.74, 6) is -1.38. The van der Waals surface area contributed by atoms with Crippen molar-refractivity contribution in [2.24, 2.45) is 17.9 Å². The zero-order valence-electron chi connectivity index (χ0n) is 10.5. The highest BCUT2D eigenvalue weighted by atomic mass is 19.1. The third kappa shape index (κ3) is 2.74. The van der Waals surface area contributed by atoms with Crippen LogP contribution in [0.3, 0.4) is 0 Å². The molecule has 0 saturated heterocycles. The number of aromatic nitrogens is 2. The van der Waals surface area contributed by atoms with Gasteiger partial charge in [0, 0.05) is 18.8 Å². The van der Waals surface area contributed by atoms with Gasteiger partial charge in [-0.1, -0.05) is 5.16 Å². The molecule has 0 aliphatic heterocycles. The van der Waals surface area contributed by atoms with Crippen LogP contribution in [0.15, 0.2) is 35.7 Å². The number of hydrogen-bond acceptors (Lipinski definition) is 4. The lowest BCUT2D eigenvalue weighted by Crippen LogP contribution is -2.15. The number of nitrogens with two attached hydrogens (primary N) is 1. The Balaban J connectivity index is 2.20. The number of hydrogen-bond donors (Lipinski definition) is 3. The Bertz CT molecular complexity index is 680. The SMILES string of the molecule is Cn1cc(C(=O)Nc2ccc(/C(N)=N/O)cc2F)cn1. The molecule has 0 spiro atoms. The van der Waals surface area contributed by atoms with Crippen molar-refractivity contribution in [2.75, 3.05) is 5.32 Å². The van der Waals surface area contributed by atoms with Crippen LogP contribution in [0.1, 0.15) is 15.9 Å². The number of halogens is 1. The summed E-state index contributed by atoms with van der Waals surface area (Å²) < 4.78 is 15.3. The second kappa shape index (κ2) is 5.39. The fourth-order valence-electron chi connectivity index (χ4n) is 1.57. The molecule has 0 unspecified atom stereocenters. The number of carbonyl (C=O) groups is 1. The van der Waals surface area contributed by atoms with E-state index in [1.54, 1.807) is 7.05 Å². The van der Waals surface area contributed by atoms with Crippen LogP contribution in [0.4, 0.5) is 10.1 Å². The van der Waals surface area contributed by atoms with E-state index in [0.717, 1.165) is 6.07 Å². The molecule has 0 atom stereocenters. The lowest BCUT2D eigenvalue weighted by Gasteiger charge is -2.06. The van der Waals surface area contributed by atoms with Gasteiger partial charge >= 0.3 is 0 Å². The smallest absolute Gasteiger partial charge is 0.258 e. The van der Waals surface area contributed by atoms with Gasteiger partial charge in [-0.05, 0) is 18.2 Å². The molecule has 0 bridgehead atoms. The van der Waals surface area contributed by atoms with Crippen LogP contribution in [-0.4, -0.2) is 26.7 Å². The molecule has 1 heterocycles. The molecule has 2 aromatic rings. The van der Waals surface area contributed by atoms with Crippen LogP contribution in [0.2, 0.25) is 0 Å². The molecule has 0 radical (unpaired) electrons. The summed E-state index contributed by atoms with van der Waals surface area (Å²) >= 11 is 0. The van der Waals surface area contributed by atoms with E-state index in [1.807, 2.05) is 0 Å². The van der Waals surface area contributed by atoms with Gasteiger partial charge in [0.1, 0.15) is 5.82 Å². The first-order valence-corrected chi connectivity index (χ1v) is 5.58. The number of amides is 1. The minimum Gasteiger partial charge on any atom is -0.409 e. The fraction of sp³-hybridized carbons (Fsp3) is 0.0833. The van der Waals surface area contributed by atoms with Crippen LogP contribution in [0.5, 0.6) is 0 Å². The summed E-state index contributed by atoms with van der Waals surface area (Å²) in [6.45, 7) is 0. The van der Waals surface area contributed by atoms with Crippen LogP contribution in [0.25, 0.3) is 0 Å². The van der Waals surface area contributed by atoms with E-state index in [4.69, 9.17) is 10.9 Å². The fourth-order valence-corrected chi connectivity index (χ4v) is 1.57. The number of nitrogens with one attached hydrogen (secondary N) is 1. The molecule has 2 rings (SSSR count). The van der Waals surface area contributed by atoms with E-state index in [0.29, 0.717) is 5.56 Å². The van der Waals surface area contributed by atoms with Crippen molar-refractivity contribution < 1.29 is 14.4 Å². The first kappa shape index (κ1) is 13.5. The van der Waals surface area contributed by atoms with Crippen molar-refractivity contribution in [2.45, 2.75) is 0 Å². The summed E-state index contributed by atoms with van der Waals surface area (Å²) in [6, 6.07) is 3.82. The third-order valence-electron chi connectivity index (χ3n) is 2.59. The molecule has 0 aliphatic carbocycles. The number of rotatable bonds is 3. The second-order valence-electron chi connectivity index (χ2n) is 4.04. The molecule has 8 heteroatoms. The minimum absolute atomic E-state index is 0.00616. The predicted molar refractivity (Wildman–Crippen MR) is 70.1 cm³/mol. The Hall–Kier alpha value is -2.90. The summed E-state index contributed by atoms with van der Waals surface area (Å²) in [6.07, 6.45) is 2.88. The summed E-state index contributed by atoms with van der Waals surface area (Å²) in [7, 11) is 1.67. The van der Waals surface area contributed by atoms with Gasteiger partial charge in [0.25, 0.3) is 5.91 Å². The van der Waals surface area contributed by atoms with E-state index < -0.39 is 11.7 Å². The molecule has 1 amide bonds. The largest absolute Gasteiger partial charge is 0.409 e. The van der Waals surface area contributed by atoms with Gasteiger partial charge in [-0.2, -0.15) is 5.10 Å². The Morgan fingerprint density at radius 2 is 2.25 bits per heavy atom. The number of aryl methyl sites for hydroxylation is 1. The highest BCUT2D eigenvalue weighted by Gasteiger charge is 2.12. The van der Waals surface area contributed by atoms with E-state index >= 15 is 0 Å². The molecule has 4 N–H and O–H groups in total. The lowest BCUT2D eigenvalue weighted by atomic mass is 10.1. The van der Waals surface area contributed by atoms with Crippen LogP contribution in [0, 0.1) is 5.82 Å². The molecule has 20 heavy (non-hydrogen) atoms. The van der Waals surface area contributed by atoms with E-state index in [1.165, 1.54) is 29.2 Å². The maximum Gasteiger partial charge on any atom is 0.258 e. The molecule has 104 valence electrons. The van der Waals surface area contributed by atoms with Crippen LogP contribution >= 0.6 is 0 Å². The molecule has 1 aromatic carbocycles. The molecule has 7 nitrogen and oxygen atoms in total. The van der Waals surface area contributed by atoms with E-state index in [-0.39, 0.29) is 17.1 Å². The normalized spacial score (nSPS) is 11.4. The van der Waals surface area contributed by atoms with Crippen molar-refractivity contribution >= 4 is 17.4 Å². The average molecular weight is 277 g/mol. The Morgan fingerprint density at radius 1 is 1.50 bits per heavy atom. The Morgan fingerprint density at radius 3 is 2.80 bits per heavy atom. The lowest BCUT2D eigenvalue weighted by molar-refractivity contribution is 0.102. The van der Waals surface area contributed by atoms with Crippen molar-refractivity contribution in [1.29, 1.82) is 0 Å². The maximum absolute atomic E-state index is 13.8. The molecule has 0 aliphatic rings.